The number of fused-ring (bicyclic) bond motifs is 1. The summed E-state index contributed by atoms with van der Waals surface area (Å²) in [6, 6.07) is 13.6. The van der Waals surface area contributed by atoms with Gasteiger partial charge in [0.15, 0.2) is 4.67 Å². The van der Waals surface area contributed by atoms with Crippen molar-refractivity contribution >= 4 is 44.4 Å². The van der Waals surface area contributed by atoms with Crippen molar-refractivity contribution in [3.05, 3.63) is 74.5 Å². The quantitative estimate of drug-likeness (QED) is 0.517. The van der Waals surface area contributed by atoms with Gasteiger partial charge in [-0.15, -0.1) is 11.3 Å². The van der Waals surface area contributed by atoms with Crippen LogP contribution in [0.5, 0.6) is 0 Å². The van der Waals surface area contributed by atoms with Gasteiger partial charge in [-0.05, 0) is 64.9 Å². The van der Waals surface area contributed by atoms with Crippen molar-refractivity contribution in [2.75, 3.05) is 0 Å². The highest BCUT2D eigenvalue weighted by Crippen LogP contribution is 2.39. The summed E-state index contributed by atoms with van der Waals surface area (Å²) in [7, 11) is 0. The third-order valence-corrected chi connectivity index (χ3v) is 6.20. The van der Waals surface area contributed by atoms with Gasteiger partial charge in [-0.25, -0.2) is 4.99 Å². The van der Waals surface area contributed by atoms with Crippen LogP contribution in [0.15, 0.2) is 56.5 Å². The number of carbonyl (C=O) groups is 1. The number of amides is 1. The summed E-state index contributed by atoms with van der Waals surface area (Å²) in [6.45, 7) is 0.512. The highest BCUT2D eigenvalue weighted by atomic mass is 79.9. The Morgan fingerprint density at radius 2 is 2.00 bits per heavy atom. The van der Waals surface area contributed by atoms with Crippen LogP contribution < -0.4 is 5.32 Å². The van der Waals surface area contributed by atoms with Crippen molar-refractivity contribution in [3.8, 4) is 0 Å². The molecule has 2 heterocycles. The monoisotopic (exact) mass is 442 g/mol. The number of furan rings is 1. The van der Waals surface area contributed by atoms with E-state index in [4.69, 9.17) is 4.42 Å². The van der Waals surface area contributed by atoms with Gasteiger partial charge < -0.3 is 9.73 Å². The third-order valence-electron chi connectivity index (χ3n) is 4.58. The Bertz CT molecular complexity index is 975. The van der Waals surface area contributed by atoms with Gasteiger partial charge in [0.25, 0.3) is 5.91 Å². The van der Waals surface area contributed by atoms with Crippen molar-refractivity contribution in [2.24, 2.45) is 4.99 Å². The fraction of sp³-hybridized carbons (Fsp3) is 0.238. The number of nitrogens with one attached hydrogen (secondary N) is 1. The average molecular weight is 443 g/mol. The van der Waals surface area contributed by atoms with E-state index in [-0.39, 0.29) is 5.91 Å². The van der Waals surface area contributed by atoms with E-state index in [1.165, 1.54) is 16.9 Å². The van der Waals surface area contributed by atoms with E-state index < -0.39 is 0 Å². The predicted molar refractivity (Wildman–Crippen MR) is 112 cm³/mol. The molecule has 4 nitrogen and oxygen atoms in total. The summed E-state index contributed by atoms with van der Waals surface area (Å²) < 4.78 is 6.15. The minimum atomic E-state index is -0.0500. The zero-order chi connectivity index (χ0) is 18.6. The SMILES string of the molecule is O=C(NCc1ccccc1)c1c(N=Cc2ccc(Br)o2)sc2c1CCCC2. The van der Waals surface area contributed by atoms with Crippen molar-refractivity contribution < 1.29 is 9.21 Å². The normalized spacial score (nSPS) is 13.7. The number of rotatable bonds is 5. The van der Waals surface area contributed by atoms with E-state index in [0.29, 0.717) is 17.0 Å². The van der Waals surface area contributed by atoms with Gasteiger partial charge in [-0.1, -0.05) is 30.3 Å². The smallest absolute Gasteiger partial charge is 0.254 e. The molecule has 0 unspecified atom stereocenters. The number of hydrogen-bond acceptors (Lipinski definition) is 4. The van der Waals surface area contributed by atoms with Crippen LogP contribution in [-0.2, 0) is 19.4 Å². The number of aliphatic imine (C=N–C) groups is 1. The van der Waals surface area contributed by atoms with E-state index in [2.05, 4.69) is 26.2 Å². The molecule has 0 saturated carbocycles. The lowest BCUT2D eigenvalue weighted by atomic mass is 9.95. The van der Waals surface area contributed by atoms with Crippen LogP contribution in [0.1, 0.15) is 45.0 Å². The first-order valence-corrected chi connectivity index (χ1v) is 10.6. The summed E-state index contributed by atoms with van der Waals surface area (Å²) in [5, 5.41) is 3.82. The minimum absolute atomic E-state index is 0.0500. The number of carbonyl (C=O) groups excluding carboxylic acids is 1. The molecule has 0 bridgehead atoms. The van der Waals surface area contributed by atoms with Crippen LogP contribution in [0.4, 0.5) is 5.00 Å². The number of thiophene rings is 1. The maximum absolute atomic E-state index is 13.0. The molecule has 1 amide bonds. The Morgan fingerprint density at radius 1 is 1.19 bits per heavy atom. The van der Waals surface area contributed by atoms with Crippen molar-refractivity contribution in [1.29, 1.82) is 0 Å². The minimum Gasteiger partial charge on any atom is -0.448 e. The lowest BCUT2D eigenvalue weighted by molar-refractivity contribution is 0.0951. The van der Waals surface area contributed by atoms with Crippen LogP contribution in [0.2, 0.25) is 0 Å². The largest absolute Gasteiger partial charge is 0.448 e. The van der Waals surface area contributed by atoms with Crippen LogP contribution in [-0.4, -0.2) is 12.1 Å². The topological polar surface area (TPSA) is 54.6 Å². The second-order valence-corrected chi connectivity index (χ2v) is 8.32. The maximum atomic E-state index is 13.0. The van der Waals surface area contributed by atoms with Gasteiger partial charge in [0.2, 0.25) is 0 Å². The molecule has 138 valence electrons. The summed E-state index contributed by atoms with van der Waals surface area (Å²) in [5.41, 5.74) is 2.98. The molecule has 0 fully saturated rings. The molecule has 1 N–H and O–H groups in total. The van der Waals surface area contributed by atoms with Gasteiger partial charge >= 0.3 is 0 Å². The molecule has 1 aliphatic carbocycles. The first-order chi connectivity index (χ1) is 13.2. The fourth-order valence-corrected chi connectivity index (χ4v) is 4.81. The molecule has 0 aliphatic heterocycles. The van der Waals surface area contributed by atoms with Crippen LogP contribution in [0.3, 0.4) is 0 Å². The molecule has 1 aromatic carbocycles. The molecule has 0 saturated heterocycles. The molecular weight excluding hydrogens is 424 g/mol. The first kappa shape index (κ1) is 18.2. The van der Waals surface area contributed by atoms with Crippen molar-refractivity contribution in [1.82, 2.24) is 5.32 Å². The molecule has 0 spiro atoms. The molecule has 27 heavy (non-hydrogen) atoms. The second kappa shape index (κ2) is 8.23. The van der Waals surface area contributed by atoms with Crippen molar-refractivity contribution in [3.63, 3.8) is 0 Å². The number of aryl methyl sites for hydroxylation is 1. The molecular formula is C21H19BrN2O2S. The molecule has 0 atom stereocenters. The standard InChI is InChI=1S/C21H19BrN2O2S/c22-18-11-10-15(26-18)13-24-21-19(16-8-4-5-9-17(16)27-21)20(25)23-12-14-6-2-1-3-7-14/h1-3,6-7,10-11,13H,4-5,8-9,12H2,(H,23,25). The zero-order valence-corrected chi connectivity index (χ0v) is 17.1. The summed E-state index contributed by atoms with van der Waals surface area (Å²) in [5.74, 6) is 0.606. The van der Waals surface area contributed by atoms with Gasteiger partial charge in [-0.2, -0.15) is 0 Å². The van der Waals surface area contributed by atoms with Crippen molar-refractivity contribution in [2.45, 2.75) is 32.2 Å². The number of hydrogen-bond donors (Lipinski definition) is 1. The lowest BCUT2D eigenvalue weighted by Gasteiger charge is -2.12. The molecule has 2 aromatic heterocycles. The Balaban J connectivity index is 1.60. The highest BCUT2D eigenvalue weighted by molar-refractivity contribution is 9.10. The van der Waals surface area contributed by atoms with Gasteiger partial charge in [0.1, 0.15) is 10.8 Å². The Kier molecular flexibility index (Phi) is 5.55. The summed E-state index contributed by atoms with van der Waals surface area (Å²) in [6.07, 6.45) is 5.95. The van der Waals surface area contributed by atoms with E-state index in [1.54, 1.807) is 17.6 Å². The number of nitrogens with zero attached hydrogens (tertiary/aromatic N) is 1. The third kappa shape index (κ3) is 4.22. The van der Waals surface area contributed by atoms with Gasteiger partial charge in [0, 0.05) is 11.4 Å². The van der Waals surface area contributed by atoms with Gasteiger partial charge in [-0.3, -0.25) is 4.79 Å². The number of halogens is 1. The lowest BCUT2D eigenvalue weighted by Crippen LogP contribution is -2.24. The highest BCUT2D eigenvalue weighted by Gasteiger charge is 2.25. The molecule has 1 aliphatic rings. The molecule has 3 aromatic rings. The van der Waals surface area contributed by atoms with E-state index >= 15 is 0 Å². The van der Waals surface area contributed by atoms with Crippen LogP contribution in [0, 0.1) is 0 Å². The maximum Gasteiger partial charge on any atom is 0.254 e. The Morgan fingerprint density at radius 3 is 2.78 bits per heavy atom. The summed E-state index contributed by atoms with van der Waals surface area (Å²) in [4.78, 5) is 18.9. The summed E-state index contributed by atoms with van der Waals surface area (Å²) >= 11 is 4.92. The fourth-order valence-electron chi connectivity index (χ4n) is 3.26. The van der Waals surface area contributed by atoms with Crippen LogP contribution in [0.25, 0.3) is 0 Å². The molecule has 4 rings (SSSR count). The van der Waals surface area contributed by atoms with Crippen LogP contribution >= 0.6 is 27.3 Å². The second-order valence-electron chi connectivity index (χ2n) is 6.46. The molecule has 6 heteroatoms. The van der Waals surface area contributed by atoms with Gasteiger partial charge in [0.05, 0.1) is 11.8 Å². The van der Waals surface area contributed by atoms with E-state index in [0.717, 1.165) is 35.4 Å². The Hall–Kier alpha value is -2.18. The van der Waals surface area contributed by atoms with E-state index in [1.807, 2.05) is 42.5 Å². The Labute approximate surface area is 170 Å². The first-order valence-electron chi connectivity index (χ1n) is 8.97. The average Bonchev–Trinajstić information content (AvgIpc) is 3.28. The van der Waals surface area contributed by atoms with E-state index in [9.17, 15) is 4.79 Å². The zero-order valence-electron chi connectivity index (χ0n) is 14.7. The number of benzene rings is 1. The predicted octanol–water partition coefficient (Wildman–Crippen LogP) is 5.66. The molecule has 0 radical (unpaired) electrons.